The minimum Gasteiger partial charge on any atom is -0.508 e. The van der Waals surface area contributed by atoms with Gasteiger partial charge in [0.15, 0.2) is 0 Å². The third-order valence-electron chi connectivity index (χ3n) is 8.66. The summed E-state index contributed by atoms with van der Waals surface area (Å²) in [5.41, 5.74) is 4.26. The molecule has 9 nitrogen and oxygen atoms in total. The van der Waals surface area contributed by atoms with Crippen LogP contribution in [0.4, 0.5) is 11.4 Å². The average molecular weight is 597 g/mol. The molecule has 0 bridgehead atoms. The standard InChI is InChI=1S/C35H36N2O7/c1-2-7-25-19-29-33(35(42)36(34(29)41)26-10-6-11-27(20-26)37(43)44)30(21-38)32(25)31(40)17-14-24(23-8-4-3-5-9-23)18-22-12-15-28(39)16-13-22/h3-6,8-13,15-16,18,20,29-31,33,38-40H,2,7,14,17,19,21H2,1H3/b24-18-/t29-,30+,31-,33-/m1/s1. The van der Waals surface area contributed by atoms with Crippen LogP contribution in [0.3, 0.4) is 0 Å². The maximum Gasteiger partial charge on any atom is 0.271 e. The normalized spacial score (nSPS) is 21.0. The quantitative estimate of drug-likeness (QED) is 0.0823. The monoisotopic (exact) mass is 596 g/mol. The summed E-state index contributed by atoms with van der Waals surface area (Å²) >= 11 is 0. The lowest BCUT2D eigenvalue weighted by atomic mass is 9.67. The van der Waals surface area contributed by atoms with Crippen LogP contribution in [-0.4, -0.2) is 44.8 Å². The number of allylic oxidation sites excluding steroid dienone is 2. The summed E-state index contributed by atoms with van der Waals surface area (Å²) < 4.78 is 0. The number of nitrogens with zero attached hydrogens (tertiary/aromatic N) is 2. The van der Waals surface area contributed by atoms with Gasteiger partial charge in [0.1, 0.15) is 5.75 Å². The SMILES string of the molecule is CCCC1=C([C@H](O)CC/C(=C/c2ccc(O)cc2)c2ccccc2)[C@H](CO)[C@@H]2C(=O)N(c3cccc([N+](=O)[O-])c3)C(=O)[C@@H]2C1. The van der Waals surface area contributed by atoms with Crippen molar-refractivity contribution < 1.29 is 29.8 Å². The van der Waals surface area contributed by atoms with Crippen LogP contribution in [0.5, 0.6) is 5.75 Å². The Hall–Kier alpha value is -4.60. The lowest BCUT2D eigenvalue weighted by Gasteiger charge is -2.36. The van der Waals surface area contributed by atoms with Crippen molar-refractivity contribution in [3.8, 4) is 5.75 Å². The van der Waals surface area contributed by atoms with E-state index in [9.17, 15) is 35.0 Å². The molecule has 3 aromatic rings. The highest BCUT2D eigenvalue weighted by Crippen LogP contribution is 2.48. The molecule has 0 saturated carbocycles. The number of amides is 2. The number of aliphatic hydroxyl groups excluding tert-OH is 2. The number of phenolic OH excluding ortho intramolecular Hbond substituents is 1. The topological polar surface area (TPSA) is 141 Å². The van der Waals surface area contributed by atoms with Crippen LogP contribution in [0, 0.1) is 27.9 Å². The molecule has 0 spiro atoms. The molecule has 3 aromatic carbocycles. The summed E-state index contributed by atoms with van der Waals surface area (Å²) in [6, 6.07) is 22.1. The Labute approximate surface area is 255 Å². The van der Waals surface area contributed by atoms with Crippen LogP contribution in [-0.2, 0) is 9.59 Å². The fourth-order valence-electron chi connectivity index (χ4n) is 6.67. The van der Waals surface area contributed by atoms with Crippen molar-refractivity contribution >= 4 is 34.8 Å². The maximum atomic E-state index is 13.8. The number of fused-ring (bicyclic) bond motifs is 1. The lowest BCUT2D eigenvalue weighted by molar-refractivity contribution is -0.384. The molecular formula is C35H36N2O7. The van der Waals surface area contributed by atoms with Crippen LogP contribution < -0.4 is 4.90 Å². The van der Waals surface area contributed by atoms with Crippen molar-refractivity contribution in [3.05, 3.63) is 111 Å². The second kappa shape index (κ2) is 13.4. The number of anilines is 1. The molecule has 0 unspecified atom stereocenters. The molecule has 1 fully saturated rings. The number of carbonyl (C=O) groups excluding carboxylic acids is 2. The number of hydrogen-bond acceptors (Lipinski definition) is 7. The number of imide groups is 1. The number of hydrogen-bond donors (Lipinski definition) is 3. The number of rotatable bonds is 11. The summed E-state index contributed by atoms with van der Waals surface area (Å²) in [5.74, 6) is -3.14. The van der Waals surface area contributed by atoms with Crippen molar-refractivity contribution in [1.29, 1.82) is 0 Å². The summed E-state index contributed by atoms with van der Waals surface area (Å²) in [5, 5.41) is 43.4. The van der Waals surface area contributed by atoms with E-state index < -0.39 is 47.2 Å². The number of aliphatic hydroxyl groups is 2. The summed E-state index contributed by atoms with van der Waals surface area (Å²) in [6.45, 7) is 1.58. The molecular weight excluding hydrogens is 560 g/mol. The molecule has 228 valence electrons. The van der Waals surface area contributed by atoms with Crippen LogP contribution in [0.25, 0.3) is 11.6 Å². The predicted octanol–water partition coefficient (Wildman–Crippen LogP) is 5.90. The molecule has 3 N–H and O–H groups in total. The van der Waals surface area contributed by atoms with E-state index in [1.54, 1.807) is 12.1 Å². The van der Waals surface area contributed by atoms with Gasteiger partial charge in [0.05, 0.1) is 35.2 Å². The molecule has 1 saturated heterocycles. The molecule has 0 radical (unpaired) electrons. The zero-order valence-electron chi connectivity index (χ0n) is 24.5. The first-order valence-corrected chi connectivity index (χ1v) is 14.9. The molecule has 44 heavy (non-hydrogen) atoms. The highest BCUT2D eigenvalue weighted by molar-refractivity contribution is 6.22. The van der Waals surface area contributed by atoms with E-state index in [4.69, 9.17) is 0 Å². The molecule has 0 aromatic heterocycles. The fourth-order valence-corrected chi connectivity index (χ4v) is 6.67. The first kappa shape index (κ1) is 30.8. The molecule has 5 rings (SSSR count). The molecule has 1 aliphatic carbocycles. The molecule has 4 atom stereocenters. The minimum absolute atomic E-state index is 0.131. The third-order valence-corrected chi connectivity index (χ3v) is 8.66. The van der Waals surface area contributed by atoms with Crippen molar-refractivity contribution in [1.82, 2.24) is 0 Å². The minimum atomic E-state index is -0.962. The van der Waals surface area contributed by atoms with E-state index in [0.29, 0.717) is 24.8 Å². The van der Waals surface area contributed by atoms with Crippen LogP contribution in [0.1, 0.15) is 50.2 Å². The predicted molar refractivity (Wildman–Crippen MR) is 167 cm³/mol. The summed E-state index contributed by atoms with van der Waals surface area (Å²) in [7, 11) is 0. The average Bonchev–Trinajstić information content (AvgIpc) is 3.28. The van der Waals surface area contributed by atoms with Gasteiger partial charge in [-0.25, -0.2) is 4.90 Å². The number of non-ortho nitro benzene ring substituents is 1. The van der Waals surface area contributed by atoms with Crippen LogP contribution in [0.2, 0.25) is 0 Å². The highest BCUT2D eigenvalue weighted by Gasteiger charge is 2.55. The Morgan fingerprint density at radius 2 is 1.77 bits per heavy atom. The van der Waals surface area contributed by atoms with Gasteiger partial charge in [0.25, 0.3) is 5.69 Å². The molecule has 2 aliphatic rings. The fraction of sp³-hybridized carbons (Fsp3) is 0.314. The van der Waals surface area contributed by atoms with E-state index in [0.717, 1.165) is 33.6 Å². The Morgan fingerprint density at radius 3 is 2.43 bits per heavy atom. The maximum absolute atomic E-state index is 13.8. The molecule has 2 amide bonds. The van der Waals surface area contributed by atoms with E-state index >= 15 is 0 Å². The van der Waals surface area contributed by atoms with Crippen molar-refractivity contribution in [2.45, 2.75) is 45.1 Å². The van der Waals surface area contributed by atoms with Gasteiger partial charge in [-0.05, 0) is 66.2 Å². The first-order chi connectivity index (χ1) is 21.2. The smallest absolute Gasteiger partial charge is 0.271 e. The van der Waals surface area contributed by atoms with Gasteiger partial charge >= 0.3 is 0 Å². The Morgan fingerprint density at radius 1 is 1.05 bits per heavy atom. The van der Waals surface area contributed by atoms with Gasteiger partial charge in [-0.1, -0.05) is 73.5 Å². The number of benzene rings is 3. The zero-order valence-corrected chi connectivity index (χ0v) is 24.5. The van der Waals surface area contributed by atoms with E-state index in [-0.39, 0.29) is 23.5 Å². The number of nitro benzene ring substituents is 1. The second-order valence-corrected chi connectivity index (χ2v) is 11.4. The van der Waals surface area contributed by atoms with E-state index in [1.807, 2.05) is 55.5 Å². The van der Waals surface area contributed by atoms with Gasteiger partial charge in [-0.15, -0.1) is 0 Å². The number of nitro groups is 1. The number of phenols is 1. The largest absolute Gasteiger partial charge is 0.508 e. The van der Waals surface area contributed by atoms with Gasteiger partial charge in [-0.3, -0.25) is 19.7 Å². The van der Waals surface area contributed by atoms with Crippen LogP contribution in [0.15, 0.2) is 90.0 Å². The van der Waals surface area contributed by atoms with Gasteiger partial charge in [0.2, 0.25) is 11.8 Å². The highest BCUT2D eigenvalue weighted by atomic mass is 16.6. The molecule has 1 heterocycles. The Bertz CT molecular complexity index is 1600. The number of carbonyl (C=O) groups is 2. The third kappa shape index (κ3) is 6.20. The zero-order chi connectivity index (χ0) is 31.4. The Kier molecular flexibility index (Phi) is 9.37. The first-order valence-electron chi connectivity index (χ1n) is 14.9. The van der Waals surface area contributed by atoms with Crippen molar-refractivity contribution in [2.75, 3.05) is 11.5 Å². The lowest BCUT2D eigenvalue weighted by Crippen LogP contribution is -2.39. The van der Waals surface area contributed by atoms with Crippen LogP contribution >= 0.6 is 0 Å². The van der Waals surface area contributed by atoms with Gasteiger partial charge in [0, 0.05) is 18.1 Å². The molecule has 1 aliphatic heterocycles. The van der Waals surface area contributed by atoms with E-state index in [2.05, 4.69) is 0 Å². The summed E-state index contributed by atoms with van der Waals surface area (Å²) in [4.78, 5) is 39.2. The van der Waals surface area contributed by atoms with E-state index in [1.165, 1.54) is 24.3 Å². The second-order valence-electron chi connectivity index (χ2n) is 11.4. The van der Waals surface area contributed by atoms with Gasteiger partial charge < -0.3 is 15.3 Å². The summed E-state index contributed by atoms with van der Waals surface area (Å²) in [6.07, 6.45) is 3.52. The Balaban J connectivity index is 1.45. The van der Waals surface area contributed by atoms with Crippen molar-refractivity contribution in [2.24, 2.45) is 17.8 Å². The number of aromatic hydroxyl groups is 1. The van der Waals surface area contributed by atoms with Gasteiger partial charge in [-0.2, -0.15) is 0 Å². The van der Waals surface area contributed by atoms with Crippen molar-refractivity contribution in [3.63, 3.8) is 0 Å². The molecule has 9 heteroatoms.